The normalized spacial score (nSPS) is 15.5. The fourth-order valence-corrected chi connectivity index (χ4v) is 2.34. The molecule has 2 aromatic rings. The van der Waals surface area contributed by atoms with Crippen molar-refractivity contribution in [1.29, 1.82) is 0 Å². The molecule has 0 fully saturated rings. The van der Waals surface area contributed by atoms with Crippen LogP contribution in [0.15, 0.2) is 36.5 Å². The quantitative estimate of drug-likeness (QED) is 0.640. The van der Waals surface area contributed by atoms with Gasteiger partial charge in [-0.25, -0.2) is 4.98 Å². The van der Waals surface area contributed by atoms with Gasteiger partial charge < -0.3 is 5.32 Å². The Bertz CT molecular complexity index is 710. The van der Waals surface area contributed by atoms with Gasteiger partial charge in [0.15, 0.2) is 0 Å². The number of halogens is 2. The van der Waals surface area contributed by atoms with E-state index in [1.54, 1.807) is 36.5 Å². The van der Waals surface area contributed by atoms with E-state index in [9.17, 15) is 4.79 Å². The lowest BCUT2D eigenvalue weighted by Crippen LogP contribution is -2.03. The van der Waals surface area contributed by atoms with Crippen LogP contribution < -0.4 is 5.32 Å². The average Bonchev–Trinajstić information content (AvgIpc) is 2.65. The zero-order valence-corrected chi connectivity index (χ0v) is 11.2. The van der Waals surface area contributed by atoms with Gasteiger partial charge >= 0.3 is 0 Å². The van der Waals surface area contributed by atoms with Crippen LogP contribution in [0.4, 0.5) is 5.69 Å². The number of fused-ring (bicyclic) bond motifs is 1. The van der Waals surface area contributed by atoms with Crippen LogP contribution in [0.1, 0.15) is 11.1 Å². The largest absolute Gasteiger partial charge is 0.321 e. The van der Waals surface area contributed by atoms with Gasteiger partial charge in [0.1, 0.15) is 5.15 Å². The number of nitrogens with one attached hydrogen (secondary N) is 1. The average molecular weight is 291 g/mol. The molecule has 19 heavy (non-hydrogen) atoms. The van der Waals surface area contributed by atoms with Crippen molar-refractivity contribution in [2.24, 2.45) is 0 Å². The molecule has 0 bridgehead atoms. The second-order valence-electron chi connectivity index (χ2n) is 4.11. The van der Waals surface area contributed by atoms with Crippen LogP contribution in [0.25, 0.3) is 11.6 Å². The summed E-state index contributed by atoms with van der Waals surface area (Å²) >= 11 is 11.7. The molecule has 1 N–H and O–H groups in total. The molecule has 2 heterocycles. The number of pyridine rings is 1. The van der Waals surface area contributed by atoms with Crippen LogP contribution in [0, 0.1) is 0 Å². The summed E-state index contributed by atoms with van der Waals surface area (Å²) in [6, 6.07) is 8.81. The molecule has 3 rings (SSSR count). The maximum absolute atomic E-state index is 12.0. The maximum Gasteiger partial charge on any atom is 0.256 e. The SMILES string of the molecule is O=C1Nc2cc(Cl)ccc2/C1=C/c1ccnc(Cl)c1. The molecule has 1 aliphatic rings. The van der Waals surface area contributed by atoms with Gasteiger partial charge in [0, 0.05) is 22.4 Å². The van der Waals surface area contributed by atoms with Crippen LogP contribution in [0.2, 0.25) is 10.2 Å². The van der Waals surface area contributed by atoms with Crippen LogP contribution in [0.5, 0.6) is 0 Å². The smallest absolute Gasteiger partial charge is 0.256 e. The molecule has 0 saturated carbocycles. The highest BCUT2D eigenvalue weighted by atomic mass is 35.5. The van der Waals surface area contributed by atoms with Crippen LogP contribution in [0.3, 0.4) is 0 Å². The molecule has 0 aliphatic carbocycles. The van der Waals surface area contributed by atoms with Crippen molar-refractivity contribution in [1.82, 2.24) is 4.98 Å². The Morgan fingerprint density at radius 2 is 2.00 bits per heavy atom. The molecule has 1 aromatic carbocycles. The molecule has 0 atom stereocenters. The number of nitrogens with zero attached hydrogens (tertiary/aromatic N) is 1. The predicted octanol–water partition coefficient (Wildman–Crippen LogP) is 3.88. The molecule has 5 heteroatoms. The minimum atomic E-state index is -0.148. The van der Waals surface area contributed by atoms with Gasteiger partial charge in [-0.3, -0.25) is 4.79 Å². The van der Waals surface area contributed by atoms with E-state index in [1.165, 1.54) is 0 Å². The second kappa shape index (κ2) is 4.68. The number of carbonyl (C=O) groups excluding carboxylic acids is 1. The summed E-state index contributed by atoms with van der Waals surface area (Å²) < 4.78 is 0. The Morgan fingerprint density at radius 3 is 2.79 bits per heavy atom. The van der Waals surface area contributed by atoms with Gasteiger partial charge in [-0.2, -0.15) is 0 Å². The van der Waals surface area contributed by atoms with E-state index in [-0.39, 0.29) is 5.91 Å². The van der Waals surface area contributed by atoms with Crippen molar-refractivity contribution in [2.45, 2.75) is 0 Å². The Balaban J connectivity index is 2.09. The lowest BCUT2D eigenvalue weighted by molar-refractivity contribution is -0.110. The minimum absolute atomic E-state index is 0.148. The topological polar surface area (TPSA) is 42.0 Å². The van der Waals surface area contributed by atoms with Crippen molar-refractivity contribution in [3.05, 3.63) is 57.8 Å². The Kier molecular flexibility index (Phi) is 3.01. The Morgan fingerprint density at radius 1 is 1.16 bits per heavy atom. The highest BCUT2D eigenvalue weighted by molar-refractivity contribution is 6.36. The fourth-order valence-electron chi connectivity index (χ4n) is 1.98. The van der Waals surface area contributed by atoms with E-state index in [1.807, 2.05) is 6.07 Å². The zero-order valence-electron chi connectivity index (χ0n) is 9.65. The van der Waals surface area contributed by atoms with Gasteiger partial charge in [0.2, 0.25) is 0 Å². The van der Waals surface area contributed by atoms with E-state index < -0.39 is 0 Å². The number of rotatable bonds is 1. The van der Waals surface area contributed by atoms with E-state index in [2.05, 4.69) is 10.3 Å². The second-order valence-corrected chi connectivity index (χ2v) is 4.94. The van der Waals surface area contributed by atoms with Crippen molar-refractivity contribution in [2.75, 3.05) is 5.32 Å². The van der Waals surface area contributed by atoms with Crippen molar-refractivity contribution >= 4 is 46.4 Å². The lowest BCUT2D eigenvalue weighted by Gasteiger charge is -1.99. The Labute approximate surface area is 119 Å². The van der Waals surface area contributed by atoms with Gasteiger partial charge in [0.05, 0.1) is 5.69 Å². The standard InChI is InChI=1S/C14H8Cl2N2O/c15-9-1-2-10-11(14(19)18-12(10)7-9)5-8-3-4-17-13(16)6-8/h1-7H,(H,18,19)/b11-5-. The summed E-state index contributed by atoms with van der Waals surface area (Å²) in [5, 5.41) is 3.77. The third-order valence-electron chi connectivity index (χ3n) is 2.83. The molecule has 3 nitrogen and oxygen atoms in total. The van der Waals surface area contributed by atoms with Crippen molar-refractivity contribution in [3.63, 3.8) is 0 Å². The number of hydrogen-bond acceptors (Lipinski definition) is 2. The summed E-state index contributed by atoms with van der Waals surface area (Å²) in [5.41, 5.74) is 2.98. The molecule has 0 saturated heterocycles. The zero-order chi connectivity index (χ0) is 13.4. The molecule has 1 aromatic heterocycles. The maximum atomic E-state index is 12.0. The highest BCUT2D eigenvalue weighted by Crippen LogP contribution is 2.34. The number of aromatic nitrogens is 1. The molecule has 0 unspecified atom stereocenters. The summed E-state index contributed by atoms with van der Waals surface area (Å²) in [6.07, 6.45) is 3.38. The van der Waals surface area contributed by atoms with Crippen LogP contribution in [-0.4, -0.2) is 10.9 Å². The molecular formula is C14H8Cl2N2O. The fraction of sp³-hybridized carbons (Fsp3) is 0. The third-order valence-corrected chi connectivity index (χ3v) is 3.27. The first-order valence-corrected chi connectivity index (χ1v) is 6.33. The summed E-state index contributed by atoms with van der Waals surface area (Å²) in [6.45, 7) is 0. The number of anilines is 1. The Hall–Kier alpha value is -1.84. The molecule has 0 radical (unpaired) electrons. The first-order chi connectivity index (χ1) is 9.13. The third kappa shape index (κ3) is 2.35. The predicted molar refractivity (Wildman–Crippen MR) is 77.2 cm³/mol. The van der Waals surface area contributed by atoms with E-state index in [0.29, 0.717) is 15.7 Å². The van der Waals surface area contributed by atoms with E-state index in [0.717, 1.165) is 16.8 Å². The molecule has 94 valence electrons. The molecule has 1 amide bonds. The lowest BCUT2D eigenvalue weighted by atomic mass is 10.0. The first kappa shape index (κ1) is 12.2. The van der Waals surface area contributed by atoms with Gasteiger partial charge in [-0.1, -0.05) is 29.3 Å². The number of hydrogen-bond donors (Lipinski definition) is 1. The van der Waals surface area contributed by atoms with E-state index in [4.69, 9.17) is 23.2 Å². The van der Waals surface area contributed by atoms with Crippen molar-refractivity contribution < 1.29 is 4.79 Å². The van der Waals surface area contributed by atoms with Gasteiger partial charge in [0.25, 0.3) is 5.91 Å². The highest BCUT2D eigenvalue weighted by Gasteiger charge is 2.23. The number of benzene rings is 1. The van der Waals surface area contributed by atoms with E-state index >= 15 is 0 Å². The summed E-state index contributed by atoms with van der Waals surface area (Å²) in [7, 11) is 0. The van der Waals surface area contributed by atoms with Crippen LogP contribution >= 0.6 is 23.2 Å². The molecule has 1 aliphatic heterocycles. The molecular weight excluding hydrogens is 283 g/mol. The van der Waals surface area contributed by atoms with Crippen molar-refractivity contribution in [3.8, 4) is 0 Å². The summed E-state index contributed by atoms with van der Waals surface area (Å²) in [5.74, 6) is -0.148. The monoisotopic (exact) mass is 290 g/mol. The minimum Gasteiger partial charge on any atom is -0.321 e. The number of carbonyl (C=O) groups is 1. The first-order valence-electron chi connectivity index (χ1n) is 5.58. The van der Waals surface area contributed by atoms with Gasteiger partial charge in [-0.05, 0) is 35.9 Å². The number of amides is 1. The van der Waals surface area contributed by atoms with Gasteiger partial charge in [-0.15, -0.1) is 0 Å². The summed E-state index contributed by atoms with van der Waals surface area (Å²) in [4.78, 5) is 15.9. The molecule has 0 spiro atoms. The van der Waals surface area contributed by atoms with Crippen LogP contribution in [-0.2, 0) is 4.79 Å².